The van der Waals surface area contributed by atoms with Crippen molar-refractivity contribution in [3.05, 3.63) is 0 Å². The summed E-state index contributed by atoms with van der Waals surface area (Å²) in [7, 11) is 0. The van der Waals surface area contributed by atoms with Crippen molar-refractivity contribution in [2.45, 2.75) is 44.6 Å². The smallest absolute Gasteiger partial charge is 0.327 e. The molecule has 2 atom stereocenters. The number of aliphatic carboxylic acids is 1. The summed E-state index contributed by atoms with van der Waals surface area (Å²) in [5, 5.41) is 9.19. The molecule has 0 aromatic carbocycles. The Labute approximate surface area is 130 Å². The number of carboxylic acid groups (broad SMARTS) is 1. The molecule has 2 fully saturated rings. The van der Waals surface area contributed by atoms with Crippen molar-refractivity contribution >= 4 is 23.8 Å². The molecular formula is C14H25N3O3S. The van der Waals surface area contributed by atoms with Crippen LogP contribution in [0.2, 0.25) is 0 Å². The molecule has 2 heterocycles. The Morgan fingerprint density at radius 3 is 2.19 bits per heavy atom. The molecule has 1 N–H and O–H groups in total. The number of nitrogens with zero attached hydrogens (tertiary/aromatic N) is 3. The molecule has 2 aliphatic heterocycles. The van der Waals surface area contributed by atoms with Crippen LogP contribution >= 0.6 is 11.8 Å². The molecule has 2 aliphatic rings. The molecule has 120 valence electrons. The predicted molar refractivity (Wildman–Crippen MR) is 83.5 cm³/mol. The van der Waals surface area contributed by atoms with Crippen LogP contribution in [0.1, 0.15) is 27.7 Å². The van der Waals surface area contributed by atoms with E-state index in [0.717, 1.165) is 13.1 Å². The zero-order valence-electron chi connectivity index (χ0n) is 13.2. The number of carboxylic acids is 1. The summed E-state index contributed by atoms with van der Waals surface area (Å²) in [5.41, 5.74) is 0.107. The van der Waals surface area contributed by atoms with E-state index in [1.165, 1.54) is 16.7 Å². The molecule has 2 amide bonds. The molecule has 0 aromatic heterocycles. The standard InChI is InChI=1S/C14H25N3O3S/c1-10-17(11(9-21-10)12(18)19)13(20)15-5-7-16(8-6-15)14(2,3)4/h10-11H,5-9H2,1-4H3,(H,18,19). The first kappa shape index (κ1) is 16.4. The SMILES string of the molecule is CC1SCC(C(=O)O)N1C(=O)N1CCN(C(C)(C)C)CC1. The number of rotatable bonds is 1. The van der Waals surface area contributed by atoms with E-state index in [2.05, 4.69) is 25.7 Å². The highest BCUT2D eigenvalue weighted by atomic mass is 32.2. The van der Waals surface area contributed by atoms with Crippen LogP contribution in [0.5, 0.6) is 0 Å². The van der Waals surface area contributed by atoms with Crippen molar-refractivity contribution in [2.24, 2.45) is 0 Å². The first-order valence-corrected chi connectivity index (χ1v) is 8.43. The maximum absolute atomic E-state index is 12.6. The maximum Gasteiger partial charge on any atom is 0.327 e. The Balaban J connectivity index is 2.00. The Morgan fingerprint density at radius 1 is 1.14 bits per heavy atom. The van der Waals surface area contributed by atoms with E-state index in [0.29, 0.717) is 18.8 Å². The topological polar surface area (TPSA) is 64.1 Å². The molecule has 2 unspecified atom stereocenters. The van der Waals surface area contributed by atoms with Crippen LogP contribution < -0.4 is 0 Å². The second-order valence-corrected chi connectivity index (χ2v) is 7.97. The third-order valence-electron chi connectivity index (χ3n) is 4.23. The van der Waals surface area contributed by atoms with Gasteiger partial charge in [-0.1, -0.05) is 0 Å². The summed E-state index contributed by atoms with van der Waals surface area (Å²) >= 11 is 1.53. The molecule has 7 heteroatoms. The Hall–Kier alpha value is -0.950. The van der Waals surface area contributed by atoms with Crippen molar-refractivity contribution in [2.75, 3.05) is 31.9 Å². The minimum atomic E-state index is -0.909. The number of hydrogen-bond donors (Lipinski definition) is 1. The molecule has 21 heavy (non-hydrogen) atoms. The van der Waals surface area contributed by atoms with E-state index >= 15 is 0 Å². The summed E-state index contributed by atoms with van der Waals surface area (Å²) < 4.78 is 0. The Bertz CT molecular complexity index is 416. The highest BCUT2D eigenvalue weighted by molar-refractivity contribution is 8.00. The molecule has 2 saturated heterocycles. The summed E-state index contributed by atoms with van der Waals surface area (Å²) in [6.45, 7) is 11.4. The van der Waals surface area contributed by atoms with Crippen LogP contribution in [0, 0.1) is 0 Å². The second kappa shape index (κ2) is 6.04. The molecule has 0 spiro atoms. The van der Waals surface area contributed by atoms with Gasteiger partial charge in [0.05, 0.1) is 5.37 Å². The lowest BCUT2D eigenvalue weighted by atomic mass is 10.1. The molecule has 0 aromatic rings. The van der Waals surface area contributed by atoms with Gasteiger partial charge in [-0.2, -0.15) is 0 Å². The molecule has 0 radical (unpaired) electrons. The van der Waals surface area contributed by atoms with E-state index in [4.69, 9.17) is 0 Å². The molecule has 6 nitrogen and oxygen atoms in total. The monoisotopic (exact) mass is 315 g/mol. The summed E-state index contributed by atoms with van der Waals surface area (Å²) in [5.74, 6) is -0.432. The van der Waals surface area contributed by atoms with Gasteiger partial charge in [0.25, 0.3) is 0 Å². The highest BCUT2D eigenvalue weighted by Gasteiger charge is 2.42. The van der Waals surface area contributed by atoms with Crippen LogP contribution in [-0.2, 0) is 4.79 Å². The number of carbonyl (C=O) groups excluding carboxylic acids is 1. The number of carbonyl (C=O) groups is 2. The first-order valence-electron chi connectivity index (χ1n) is 7.38. The third kappa shape index (κ3) is 3.45. The van der Waals surface area contributed by atoms with Crippen LogP contribution in [0.4, 0.5) is 4.79 Å². The fourth-order valence-electron chi connectivity index (χ4n) is 2.86. The van der Waals surface area contributed by atoms with Crippen LogP contribution in [0.3, 0.4) is 0 Å². The lowest BCUT2D eigenvalue weighted by Gasteiger charge is -2.43. The second-order valence-electron chi connectivity index (χ2n) is 6.62. The lowest BCUT2D eigenvalue weighted by molar-refractivity contribution is -0.141. The molecule has 0 aliphatic carbocycles. The number of hydrogen-bond acceptors (Lipinski definition) is 4. The van der Waals surface area contributed by atoms with Gasteiger partial charge in [-0.25, -0.2) is 9.59 Å². The van der Waals surface area contributed by atoms with Gasteiger partial charge in [0.1, 0.15) is 6.04 Å². The largest absolute Gasteiger partial charge is 0.480 e. The Kier molecular flexibility index (Phi) is 4.72. The quantitative estimate of drug-likeness (QED) is 0.792. The van der Waals surface area contributed by atoms with Gasteiger partial charge in [0.2, 0.25) is 0 Å². The fourth-order valence-corrected chi connectivity index (χ4v) is 4.02. The van der Waals surface area contributed by atoms with Crippen LogP contribution in [-0.4, -0.2) is 80.7 Å². The molecule has 0 saturated carbocycles. The van der Waals surface area contributed by atoms with Crippen LogP contribution in [0.25, 0.3) is 0 Å². The predicted octanol–water partition coefficient (Wildman–Crippen LogP) is 1.37. The summed E-state index contributed by atoms with van der Waals surface area (Å²) in [4.78, 5) is 29.6. The maximum atomic E-state index is 12.6. The van der Waals surface area contributed by atoms with Crippen molar-refractivity contribution in [1.82, 2.24) is 14.7 Å². The molecular weight excluding hydrogens is 290 g/mol. The zero-order valence-corrected chi connectivity index (χ0v) is 14.0. The lowest BCUT2D eigenvalue weighted by Crippen LogP contribution is -2.58. The number of thioether (sulfide) groups is 1. The minimum absolute atomic E-state index is 0.0701. The van der Waals surface area contributed by atoms with E-state index in [9.17, 15) is 14.7 Å². The van der Waals surface area contributed by atoms with Crippen LogP contribution in [0.15, 0.2) is 0 Å². The van der Waals surface area contributed by atoms with Gasteiger partial charge < -0.3 is 10.0 Å². The van der Waals surface area contributed by atoms with Crippen molar-refractivity contribution in [3.63, 3.8) is 0 Å². The summed E-state index contributed by atoms with van der Waals surface area (Å²) in [6.07, 6.45) is 0. The number of piperazine rings is 1. The van der Waals surface area contributed by atoms with Gasteiger partial charge in [-0.15, -0.1) is 11.8 Å². The first-order chi connectivity index (χ1) is 9.71. The van der Waals surface area contributed by atoms with E-state index in [1.807, 2.05) is 6.92 Å². The van der Waals surface area contributed by atoms with E-state index in [-0.39, 0.29) is 16.9 Å². The molecule has 0 bridgehead atoms. The third-order valence-corrected chi connectivity index (χ3v) is 5.45. The Morgan fingerprint density at radius 2 is 1.71 bits per heavy atom. The van der Waals surface area contributed by atoms with Gasteiger partial charge in [0.15, 0.2) is 0 Å². The fraction of sp³-hybridized carbons (Fsp3) is 0.857. The highest BCUT2D eigenvalue weighted by Crippen LogP contribution is 2.30. The van der Waals surface area contributed by atoms with Gasteiger partial charge in [-0.3, -0.25) is 9.80 Å². The normalized spacial score (nSPS) is 28.0. The van der Waals surface area contributed by atoms with Crippen molar-refractivity contribution in [1.29, 1.82) is 0 Å². The number of urea groups is 1. The van der Waals surface area contributed by atoms with Crippen molar-refractivity contribution in [3.8, 4) is 0 Å². The number of amides is 2. The van der Waals surface area contributed by atoms with Gasteiger partial charge in [0, 0.05) is 37.5 Å². The minimum Gasteiger partial charge on any atom is -0.480 e. The van der Waals surface area contributed by atoms with Gasteiger partial charge >= 0.3 is 12.0 Å². The van der Waals surface area contributed by atoms with Gasteiger partial charge in [-0.05, 0) is 27.7 Å². The van der Waals surface area contributed by atoms with Crippen molar-refractivity contribution < 1.29 is 14.7 Å². The molecule has 2 rings (SSSR count). The zero-order chi connectivity index (χ0) is 15.8. The summed E-state index contributed by atoms with van der Waals surface area (Å²) in [6, 6.07) is -0.827. The average molecular weight is 315 g/mol. The average Bonchev–Trinajstić information content (AvgIpc) is 2.79. The van der Waals surface area contributed by atoms with E-state index in [1.54, 1.807) is 4.90 Å². The van der Waals surface area contributed by atoms with E-state index < -0.39 is 12.0 Å².